The number of aryl methyl sites for hydroxylation is 2. The molecule has 40 heavy (non-hydrogen) atoms. The van der Waals surface area contributed by atoms with Crippen LogP contribution in [0.15, 0.2) is 43.5 Å². The molecule has 3 amide bonds. The molecule has 3 fully saturated rings. The molecule has 1 N–H and O–H groups in total. The van der Waals surface area contributed by atoms with Crippen LogP contribution in [0, 0.1) is 31.6 Å². The van der Waals surface area contributed by atoms with Crippen LogP contribution in [-0.4, -0.2) is 82.7 Å². The second kappa shape index (κ2) is 11.1. The summed E-state index contributed by atoms with van der Waals surface area (Å²) in [5.41, 5.74) is 0.650. The van der Waals surface area contributed by atoms with E-state index in [-0.39, 0.29) is 36.8 Å². The number of likely N-dealkylation sites (N-methyl/N-ethyl adjacent to an activating group) is 1. The second-order valence-electron chi connectivity index (χ2n) is 12.1. The Labute approximate surface area is 238 Å². The minimum Gasteiger partial charge on any atom is -0.394 e. The number of para-hydroxylation sites is 1. The molecular weight excluding hydrogens is 506 g/mol. The molecule has 3 aliphatic rings. The molecule has 3 heterocycles. The molecule has 0 aliphatic carbocycles. The third-order valence-electron chi connectivity index (χ3n) is 9.50. The van der Waals surface area contributed by atoms with Crippen molar-refractivity contribution in [1.82, 2.24) is 9.80 Å². The van der Waals surface area contributed by atoms with E-state index < -0.39 is 35.1 Å². The third kappa shape index (κ3) is 4.31. The van der Waals surface area contributed by atoms with Crippen LogP contribution in [0.3, 0.4) is 0 Å². The van der Waals surface area contributed by atoms with Gasteiger partial charge in [0.15, 0.2) is 0 Å². The van der Waals surface area contributed by atoms with E-state index in [0.717, 1.165) is 16.8 Å². The van der Waals surface area contributed by atoms with Crippen molar-refractivity contribution in [3.05, 3.63) is 54.6 Å². The average molecular weight is 552 g/mol. The van der Waals surface area contributed by atoms with Gasteiger partial charge in [0.2, 0.25) is 11.8 Å². The van der Waals surface area contributed by atoms with Crippen LogP contribution in [-0.2, 0) is 19.1 Å². The van der Waals surface area contributed by atoms with Crippen LogP contribution >= 0.6 is 0 Å². The molecule has 1 spiro atoms. The van der Waals surface area contributed by atoms with Crippen LogP contribution in [0.4, 0.5) is 5.69 Å². The van der Waals surface area contributed by atoms with E-state index >= 15 is 0 Å². The van der Waals surface area contributed by atoms with E-state index in [1.165, 1.54) is 0 Å². The van der Waals surface area contributed by atoms with E-state index in [1.54, 1.807) is 33.9 Å². The first-order valence-electron chi connectivity index (χ1n) is 14.4. The lowest BCUT2D eigenvalue weighted by Gasteiger charge is -2.41. The van der Waals surface area contributed by atoms with Gasteiger partial charge in [0, 0.05) is 25.8 Å². The van der Waals surface area contributed by atoms with E-state index in [1.807, 2.05) is 52.8 Å². The highest BCUT2D eigenvalue weighted by Gasteiger charge is 2.79. The molecule has 218 valence electrons. The number of benzene rings is 1. The normalized spacial score (nSPS) is 29.4. The molecular formula is C32H45N3O5. The number of fused-ring (bicyclic) bond motifs is 1. The number of rotatable bonds is 11. The Kier molecular flexibility index (Phi) is 8.35. The number of carbonyl (C=O) groups excluding carboxylic acids is 3. The lowest BCUT2D eigenvalue weighted by molar-refractivity contribution is -0.153. The molecule has 0 saturated carbocycles. The fraction of sp³-hybridized carbons (Fsp3) is 0.594. The maximum absolute atomic E-state index is 14.9. The van der Waals surface area contributed by atoms with Gasteiger partial charge in [-0.3, -0.25) is 14.4 Å². The monoisotopic (exact) mass is 551 g/mol. The summed E-state index contributed by atoms with van der Waals surface area (Å²) >= 11 is 0. The number of aliphatic hydroxyl groups excluding tert-OH is 1. The molecule has 6 atom stereocenters. The largest absolute Gasteiger partial charge is 0.394 e. The van der Waals surface area contributed by atoms with Gasteiger partial charge in [-0.1, -0.05) is 51.1 Å². The van der Waals surface area contributed by atoms with Crippen molar-refractivity contribution in [1.29, 1.82) is 0 Å². The predicted molar refractivity (Wildman–Crippen MR) is 156 cm³/mol. The number of ether oxygens (including phenoxy) is 1. The van der Waals surface area contributed by atoms with Crippen molar-refractivity contribution in [2.45, 2.75) is 77.2 Å². The molecule has 8 nitrogen and oxygen atoms in total. The van der Waals surface area contributed by atoms with Crippen LogP contribution in [0.2, 0.25) is 0 Å². The highest BCUT2D eigenvalue weighted by atomic mass is 16.5. The van der Waals surface area contributed by atoms with Gasteiger partial charge in [0.25, 0.3) is 5.91 Å². The number of carbonyl (C=O) groups is 3. The standard InChI is InChI=1S/C32H45N3O5/c1-9-17-33(8)28(37)24-25-29(38)35(23(19-36)20(4)5)27(32(25)16-15-31(24,11-3)40-32)30(39)34(18-10-2)26-21(6)13-12-14-22(26)7/h9-10,12-14,20,23-25,27,36H,1-2,11,15-19H2,3-8H3/t23-,24+,25-,27?,31-,32?/m0/s1. The highest BCUT2D eigenvalue weighted by molar-refractivity contribution is 6.06. The number of likely N-dealkylation sites (tertiary alicyclic amines) is 1. The summed E-state index contributed by atoms with van der Waals surface area (Å²) in [7, 11) is 1.71. The second-order valence-corrected chi connectivity index (χ2v) is 12.1. The van der Waals surface area contributed by atoms with Gasteiger partial charge < -0.3 is 24.5 Å². The molecule has 0 radical (unpaired) electrons. The Morgan fingerprint density at radius 1 is 1.15 bits per heavy atom. The first-order valence-corrected chi connectivity index (χ1v) is 14.4. The zero-order valence-corrected chi connectivity index (χ0v) is 24.9. The first kappa shape index (κ1) is 30.0. The van der Waals surface area contributed by atoms with Gasteiger partial charge in [-0.2, -0.15) is 0 Å². The van der Waals surface area contributed by atoms with E-state index in [0.29, 0.717) is 25.8 Å². The Hall–Kier alpha value is -2.97. The maximum atomic E-state index is 14.9. The topological polar surface area (TPSA) is 90.4 Å². The number of anilines is 1. The zero-order valence-electron chi connectivity index (χ0n) is 24.9. The number of nitrogens with zero attached hydrogens (tertiary/aromatic N) is 3. The molecule has 3 saturated heterocycles. The zero-order chi connectivity index (χ0) is 29.6. The minimum atomic E-state index is -1.17. The number of amides is 3. The van der Waals surface area contributed by atoms with Crippen LogP contribution in [0.1, 0.15) is 51.2 Å². The van der Waals surface area contributed by atoms with Gasteiger partial charge >= 0.3 is 0 Å². The first-order chi connectivity index (χ1) is 19.0. The Bertz CT molecular complexity index is 1180. The van der Waals surface area contributed by atoms with Gasteiger partial charge in [0.1, 0.15) is 11.6 Å². The highest BCUT2D eigenvalue weighted by Crippen LogP contribution is 2.65. The Morgan fingerprint density at radius 2 is 1.77 bits per heavy atom. The SMILES string of the molecule is C=CCN(C)C(=O)[C@H]1[C@H]2C(=O)N([C@@H](CO)C(C)C)C(C(=O)N(CC=C)c3c(C)cccc3C)C23CC[C@]1(CC)O3. The molecule has 1 aromatic rings. The molecule has 4 rings (SSSR count). The molecule has 0 aromatic heterocycles. The van der Waals surface area contributed by atoms with Crippen molar-refractivity contribution in [3.63, 3.8) is 0 Å². The Morgan fingerprint density at radius 3 is 2.30 bits per heavy atom. The van der Waals surface area contributed by atoms with Crippen molar-refractivity contribution >= 4 is 23.4 Å². The van der Waals surface area contributed by atoms with Crippen molar-refractivity contribution in [2.75, 3.05) is 31.6 Å². The predicted octanol–water partition coefficient (Wildman–Crippen LogP) is 3.64. The molecule has 3 aliphatic heterocycles. The van der Waals surface area contributed by atoms with Gasteiger partial charge in [-0.25, -0.2) is 0 Å². The fourth-order valence-corrected chi connectivity index (χ4v) is 7.61. The molecule has 2 unspecified atom stereocenters. The summed E-state index contributed by atoms with van der Waals surface area (Å²) in [6.45, 7) is 17.8. The summed E-state index contributed by atoms with van der Waals surface area (Å²) in [6, 6.07) is 4.28. The van der Waals surface area contributed by atoms with E-state index in [4.69, 9.17) is 4.74 Å². The summed E-state index contributed by atoms with van der Waals surface area (Å²) < 4.78 is 6.93. The van der Waals surface area contributed by atoms with Crippen LogP contribution < -0.4 is 4.90 Å². The van der Waals surface area contributed by atoms with Gasteiger partial charge in [-0.15, -0.1) is 13.2 Å². The van der Waals surface area contributed by atoms with Crippen LogP contribution in [0.25, 0.3) is 0 Å². The quantitative estimate of drug-likeness (QED) is 0.424. The lowest BCUT2D eigenvalue weighted by atomic mass is 9.64. The van der Waals surface area contributed by atoms with E-state index in [9.17, 15) is 19.5 Å². The van der Waals surface area contributed by atoms with E-state index in [2.05, 4.69) is 13.2 Å². The summed E-state index contributed by atoms with van der Waals surface area (Å²) in [5, 5.41) is 10.5. The van der Waals surface area contributed by atoms with Crippen LogP contribution in [0.5, 0.6) is 0 Å². The fourth-order valence-electron chi connectivity index (χ4n) is 7.61. The third-order valence-corrected chi connectivity index (χ3v) is 9.50. The molecule has 1 aromatic carbocycles. The van der Waals surface area contributed by atoms with Gasteiger partial charge in [0.05, 0.1) is 30.1 Å². The molecule has 8 heteroatoms. The summed E-state index contributed by atoms with van der Waals surface area (Å²) in [4.78, 5) is 48.2. The smallest absolute Gasteiger partial charge is 0.253 e. The Balaban J connectivity index is 1.92. The number of aliphatic hydroxyl groups is 1. The minimum absolute atomic E-state index is 0.123. The lowest BCUT2D eigenvalue weighted by Crippen LogP contribution is -2.60. The van der Waals surface area contributed by atoms with Crippen molar-refractivity contribution in [3.8, 4) is 0 Å². The maximum Gasteiger partial charge on any atom is 0.253 e. The summed E-state index contributed by atoms with van der Waals surface area (Å²) in [5.74, 6) is -2.38. The molecule has 2 bridgehead atoms. The number of hydrogen-bond donors (Lipinski definition) is 1. The average Bonchev–Trinajstić information content (AvgIpc) is 3.51. The van der Waals surface area contributed by atoms with Crippen molar-refractivity contribution in [2.24, 2.45) is 17.8 Å². The summed E-state index contributed by atoms with van der Waals surface area (Å²) in [6.07, 6.45) is 4.97. The van der Waals surface area contributed by atoms with Crippen molar-refractivity contribution < 1.29 is 24.2 Å². The number of hydrogen-bond acceptors (Lipinski definition) is 5. The van der Waals surface area contributed by atoms with Gasteiger partial charge in [-0.05, 0) is 50.2 Å².